The molecule has 4 heteroatoms. The molecule has 0 amide bonds. The van der Waals surface area contributed by atoms with Crippen LogP contribution in [0.4, 0.5) is 0 Å². The first-order valence-corrected chi connectivity index (χ1v) is 8.50. The van der Waals surface area contributed by atoms with Crippen LogP contribution >= 0.6 is 0 Å². The van der Waals surface area contributed by atoms with Gasteiger partial charge in [-0.3, -0.25) is 4.21 Å². The fraction of sp³-hybridized carbons (Fsp3) is 1.00. The van der Waals surface area contributed by atoms with Crippen molar-refractivity contribution in [2.45, 2.75) is 38.5 Å². The molecule has 0 unspecified atom stereocenters. The monoisotopic (exact) mass is 258 g/mol. The Bertz CT molecular complexity index is 252. The number of nitrogens with zero attached hydrogens (tertiary/aromatic N) is 1. The lowest BCUT2D eigenvalue weighted by molar-refractivity contribution is 0.144. The molecule has 1 aliphatic heterocycles. The normalized spacial score (nSPS) is 27.8. The summed E-state index contributed by atoms with van der Waals surface area (Å²) in [5, 5.41) is 0. The molecule has 1 saturated carbocycles. The molecule has 0 spiro atoms. The molecule has 0 aromatic carbocycles. The predicted molar refractivity (Wildman–Crippen MR) is 73.5 cm³/mol. The number of hydrogen-bond acceptors (Lipinski definition) is 3. The molecule has 1 saturated heterocycles. The largest absolute Gasteiger partial charge is 0.330 e. The summed E-state index contributed by atoms with van der Waals surface area (Å²) in [7, 11) is -0.559. The third-order valence-electron chi connectivity index (χ3n) is 4.43. The fourth-order valence-corrected chi connectivity index (χ4v) is 4.34. The van der Waals surface area contributed by atoms with Crippen LogP contribution in [-0.2, 0) is 10.8 Å². The van der Waals surface area contributed by atoms with E-state index in [1.54, 1.807) is 0 Å². The second-order valence-corrected chi connectivity index (χ2v) is 7.44. The number of rotatable bonds is 3. The number of hydrogen-bond donors (Lipinski definition) is 1. The van der Waals surface area contributed by atoms with E-state index in [1.807, 2.05) is 0 Å². The summed E-state index contributed by atoms with van der Waals surface area (Å²) in [6.45, 7) is 3.98. The van der Waals surface area contributed by atoms with Crippen LogP contribution in [0.1, 0.15) is 38.5 Å². The molecule has 0 aromatic heterocycles. The van der Waals surface area contributed by atoms with Crippen LogP contribution in [0.15, 0.2) is 0 Å². The van der Waals surface area contributed by atoms with Crippen molar-refractivity contribution in [3.05, 3.63) is 0 Å². The van der Waals surface area contributed by atoms with Gasteiger partial charge in [0.25, 0.3) is 0 Å². The van der Waals surface area contributed by atoms with Gasteiger partial charge < -0.3 is 10.6 Å². The highest BCUT2D eigenvalue weighted by atomic mass is 32.2. The minimum absolute atomic E-state index is 0.356. The third kappa shape index (κ3) is 3.76. The van der Waals surface area contributed by atoms with E-state index in [0.29, 0.717) is 5.41 Å². The first-order valence-electron chi connectivity index (χ1n) is 7.02. The van der Waals surface area contributed by atoms with Crippen LogP contribution in [0.5, 0.6) is 0 Å². The molecular weight excluding hydrogens is 232 g/mol. The molecule has 2 fully saturated rings. The second kappa shape index (κ2) is 6.30. The van der Waals surface area contributed by atoms with E-state index in [1.165, 1.54) is 38.5 Å². The van der Waals surface area contributed by atoms with Gasteiger partial charge in [-0.05, 0) is 24.8 Å². The second-order valence-electron chi connectivity index (χ2n) is 5.74. The van der Waals surface area contributed by atoms with Gasteiger partial charge >= 0.3 is 0 Å². The first-order chi connectivity index (χ1) is 8.24. The minimum Gasteiger partial charge on any atom is -0.330 e. The van der Waals surface area contributed by atoms with Crippen LogP contribution in [0.2, 0.25) is 0 Å². The van der Waals surface area contributed by atoms with Gasteiger partial charge in [-0.1, -0.05) is 25.7 Å². The summed E-state index contributed by atoms with van der Waals surface area (Å²) in [5.41, 5.74) is 6.42. The molecule has 1 heterocycles. The molecule has 2 rings (SSSR count). The van der Waals surface area contributed by atoms with Gasteiger partial charge in [0.2, 0.25) is 0 Å². The van der Waals surface area contributed by atoms with E-state index in [-0.39, 0.29) is 0 Å². The highest BCUT2D eigenvalue weighted by Gasteiger charge is 2.32. The Morgan fingerprint density at radius 3 is 2.18 bits per heavy atom. The Morgan fingerprint density at radius 1 is 1.06 bits per heavy atom. The Balaban J connectivity index is 1.91. The lowest BCUT2D eigenvalue weighted by Crippen LogP contribution is -2.47. The Hall–Kier alpha value is 0.0700. The molecule has 0 aromatic rings. The summed E-state index contributed by atoms with van der Waals surface area (Å²) in [6.07, 6.45) is 8.04. The molecule has 3 nitrogen and oxygen atoms in total. The van der Waals surface area contributed by atoms with Gasteiger partial charge in [0.05, 0.1) is 0 Å². The maximum Gasteiger partial charge on any atom is 0.0363 e. The molecule has 1 aliphatic carbocycles. The molecular formula is C13H26N2OS. The Labute approximate surface area is 108 Å². The molecule has 17 heavy (non-hydrogen) atoms. The van der Waals surface area contributed by atoms with Crippen molar-refractivity contribution in [2.24, 2.45) is 11.1 Å². The van der Waals surface area contributed by atoms with E-state index in [4.69, 9.17) is 5.73 Å². The minimum atomic E-state index is -0.559. The summed E-state index contributed by atoms with van der Waals surface area (Å²) < 4.78 is 11.4. The molecule has 0 radical (unpaired) electrons. The lowest BCUT2D eigenvalue weighted by Gasteiger charge is -2.38. The van der Waals surface area contributed by atoms with Crippen LogP contribution in [0.25, 0.3) is 0 Å². The van der Waals surface area contributed by atoms with Crippen molar-refractivity contribution < 1.29 is 4.21 Å². The highest BCUT2D eigenvalue weighted by Crippen LogP contribution is 2.35. The van der Waals surface area contributed by atoms with Gasteiger partial charge in [0, 0.05) is 41.9 Å². The summed E-state index contributed by atoms with van der Waals surface area (Å²) in [6, 6.07) is 0. The van der Waals surface area contributed by atoms with Gasteiger partial charge in [-0.2, -0.15) is 0 Å². The van der Waals surface area contributed by atoms with Crippen LogP contribution in [-0.4, -0.2) is 46.8 Å². The fourth-order valence-electron chi connectivity index (χ4n) is 3.21. The zero-order chi connectivity index (χ0) is 12.1. The van der Waals surface area contributed by atoms with Gasteiger partial charge in [0.1, 0.15) is 0 Å². The molecule has 0 atom stereocenters. The number of nitrogens with two attached hydrogens (primary N) is 1. The molecule has 2 N–H and O–H groups in total. The Kier molecular flexibility index (Phi) is 5.00. The summed E-state index contributed by atoms with van der Waals surface area (Å²) >= 11 is 0. The van der Waals surface area contributed by atoms with Crippen LogP contribution in [0.3, 0.4) is 0 Å². The average molecular weight is 258 g/mol. The Morgan fingerprint density at radius 2 is 1.65 bits per heavy atom. The van der Waals surface area contributed by atoms with E-state index in [9.17, 15) is 4.21 Å². The standard InChI is InChI=1S/C13H26N2OS/c14-11-13(5-3-1-2-4-6-13)12-15-7-9-17(16)10-8-15/h1-12,14H2. The predicted octanol–water partition coefficient (Wildman–Crippen LogP) is 1.35. The van der Waals surface area contributed by atoms with Crippen molar-refractivity contribution in [1.29, 1.82) is 0 Å². The zero-order valence-corrected chi connectivity index (χ0v) is 11.6. The van der Waals surface area contributed by atoms with Crippen molar-refractivity contribution in [3.8, 4) is 0 Å². The molecule has 0 bridgehead atoms. The summed E-state index contributed by atoms with van der Waals surface area (Å²) in [4.78, 5) is 2.50. The smallest absolute Gasteiger partial charge is 0.0363 e. The van der Waals surface area contributed by atoms with Crippen molar-refractivity contribution >= 4 is 10.8 Å². The maximum absolute atomic E-state index is 11.4. The van der Waals surface area contributed by atoms with Gasteiger partial charge in [-0.25, -0.2) is 0 Å². The topological polar surface area (TPSA) is 46.3 Å². The highest BCUT2D eigenvalue weighted by molar-refractivity contribution is 7.85. The average Bonchev–Trinajstić information content (AvgIpc) is 2.58. The third-order valence-corrected chi connectivity index (χ3v) is 5.70. The van der Waals surface area contributed by atoms with Crippen LogP contribution in [0, 0.1) is 5.41 Å². The zero-order valence-electron chi connectivity index (χ0n) is 10.8. The SMILES string of the molecule is NCC1(CN2CCS(=O)CC2)CCCCCC1. The van der Waals surface area contributed by atoms with Gasteiger partial charge in [-0.15, -0.1) is 0 Å². The van der Waals surface area contributed by atoms with E-state index >= 15 is 0 Å². The summed E-state index contributed by atoms with van der Waals surface area (Å²) in [5.74, 6) is 1.72. The van der Waals surface area contributed by atoms with Crippen molar-refractivity contribution in [3.63, 3.8) is 0 Å². The molecule has 2 aliphatic rings. The van der Waals surface area contributed by atoms with E-state index < -0.39 is 10.8 Å². The van der Waals surface area contributed by atoms with E-state index in [2.05, 4.69) is 4.90 Å². The quantitative estimate of drug-likeness (QED) is 0.777. The van der Waals surface area contributed by atoms with E-state index in [0.717, 1.165) is 37.7 Å². The molecule has 100 valence electrons. The van der Waals surface area contributed by atoms with Gasteiger partial charge in [0.15, 0.2) is 0 Å². The van der Waals surface area contributed by atoms with Crippen LogP contribution < -0.4 is 5.73 Å². The maximum atomic E-state index is 11.4. The lowest BCUT2D eigenvalue weighted by atomic mass is 9.80. The first kappa shape index (κ1) is 13.5. The van der Waals surface area contributed by atoms with Crippen molar-refractivity contribution in [2.75, 3.05) is 37.7 Å². The van der Waals surface area contributed by atoms with Crippen molar-refractivity contribution in [1.82, 2.24) is 4.90 Å².